The minimum atomic E-state index is -0.363. The summed E-state index contributed by atoms with van der Waals surface area (Å²) in [5.41, 5.74) is 7.59. The fraction of sp³-hybridized carbons (Fsp3) is 0.0345. The number of hydrogen-bond acceptors (Lipinski definition) is 1. The highest BCUT2D eigenvalue weighted by molar-refractivity contribution is 7.99. The predicted molar refractivity (Wildman–Crippen MR) is 130 cm³/mol. The third kappa shape index (κ3) is 2.13. The lowest BCUT2D eigenvalue weighted by molar-refractivity contribution is 0.726. The van der Waals surface area contributed by atoms with Crippen LogP contribution in [0, 0.1) is 0 Å². The minimum Gasteiger partial charge on any atom is -0.0887 e. The highest BCUT2D eigenvalue weighted by atomic mass is 35.5. The molecule has 0 unspecified atom stereocenters. The molecule has 0 radical (unpaired) electrons. The zero-order chi connectivity index (χ0) is 20.6. The summed E-state index contributed by atoms with van der Waals surface area (Å²) < 4.78 is 0. The molecule has 5 aromatic rings. The summed E-state index contributed by atoms with van der Waals surface area (Å²) in [6, 6.07) is 37.4. The van der Waals surface area contributed by atoms with Crippen LogP contribution in [0.15, 0.2) is 113 Å². The lowest BCUT2D eigenvalue weighted by Crippen LogP contribution is -2.32. The van der Waals surface area contributed by atoms with Crippen molar-refractivity contribution in [2.75, 3.05) is 0 Å². The minimum absolute atomic E-state index is 0.363. The standard InChI is InChI=1S/C29H17ClS/c30-26-17-25-28(21-12-2-1-11-20(21)26)31-27-16-8-7-15-24(27)29(25)22-13-5-3-9-18(22)19-10-4-6-14-23(19)29/h1-17H. The predicted octanol–water partition coefficient (Wildman–Crippen LogP) is 8.32. The van der Waals surface area contributed by atoms with Crippen molar-refractivity contribution in [3.63, 3.8) is 0 Å². The molecule has 7 rings (SSSR count). The van der Waals surface area contributed by atoms with E-state index >= 15 is 0 Å². The van der Waals surface area contributed by atoms with Gasteiger partial charge in [-0.2, -0.15) is 0 Å². The molecule has 5 aromatic carbocycles. The molecular weight excluding hydrogens is 416 g/mol. The van der Waals surface area contributed by atoms with E-state index < -0.39 is 0 Å². The molecule has 1 heterocycles. The van der Waals surface area contributed by atoms with E-state index in [1.54, 1.807) is 0 Å². The summed E-state index contributed by atoms with van der Waals surface area (Å²) in [4.78, 5) is 2.62. The number of hydrogen-bond donors (Lipinski definition) is 0. The van der Waals surface area contributed by atoms with E-state index in [-0.39, 0.29) is 5.41 Å². The molecule has 1 aliphatic carbocycles. The van der Waals surface area contributed by atoms with Gasteiger partial charge in [0.1, 0.15) is 0 Å². The zero-order valence-corrected chi connectivity index (χ0v) is 18.2. The van der Waals surface area contributed by atoms with Crippen molar-refractivity contribution < 1.29 is 0 Å². The summed E-state index contributed by atoms with van der Waals surface area (Å²) in [7, 11) is 0. The van der Waals surface area contributed by atoms with Gasteiger partial charge >= 0.3 is 0 Å². The van der Waals surface area contributed by atoms with Crippen LogP contribution in [0.2, 0.25) is 5.02 Å². The molecule has 2 aliphatic rings. The summed E-state index contributed by atoms with van der Waals surface area (Å²) in [5, 5.41) is 3.16. The molecule has 146 valence electrons. The zero-order valence-electron chi connectivity index (χ0n) is 16.6. The number of halogens is 1. The Morgan fingerprint density at radius 2 is 1.10 bits per heavy atom. The first-order chi connectivity index (χ1) is 15.3. The maximum atomic E-state index is 6.93. The molecule has 0 saturated carbocycles. The van der Waals surface area contributed by atoms with Gasteiger partial charge in [-0.3, -0.25) is 0 Å². The van der Waals surface area contributed by atoms with Gasteiger partial charge in [-0.25, -0.2) is 0 Å². The maximum Gasteiger partial charge on any atom is 0.0736 e. The number of benzene rings is 5. The molecule has 0 bridgehead atoms. The first-order valence-electron chi connectivity index (χ1n) is 10.5. The van der Waals surface area contributed by atoms with E-state index in [4.69, 9.17) is 11.6 Å². The van der Waals surface area contributed by atoms with Gasteiger partial charge in [0.25, 0.3) is 0 Å². The SMILES string of the molecule is Clc1cc2c(c3ccccc13)Sc1ccccc1C21c2ccccc2-c2ccccc21. The monoisotopic (exact) mass is 432 g/mol. The lowest BCUT2D eigenvalue weighted by atomic mass is 9.67. The summed E-state index contributed by atoms with van der Waals surface area (Å²) in [6.45, 7) is 0. The molecule has 0 atom stereocenters. The van der Waals surface area contributed by atoms with Gasteiger partial charge < -0.3 is 0 Å². The van der Waals surface area contributed by atoms with Crippen LogP contribution in [0.25, 0.3) is 21.9 Å². The van der Waals surface area contributed by atoms with Crippen molar-refractivity contribution in [1.29, 1.82) is 0 Å². The van der Waals surface area contributed by atoms with Gasteiger partial charge in [0.05, 0.1) is 5.41 Å². The summed E-state index contributed by atoms with van der Waals surface area (Å²) >= 11 is 8.80. The molecule has 0 aromatic heterocycles. The van der Waals surface area contributed by atoms with Crippen LogP contribution in [0.5, 0.6) is 0 Å². The Kier molecular flexibility index (Phi) is 3.57. The van der Waals surface area contributed by atoms with Gasteiger partial charge in [-0.15, -0.1) is 0 Å². The van der Waals surface area contributed by atoms with Gasteiger partial charge in [0.15, 0.2) is 0 Å². The molecule has 0 saturated heterocycles. The van der Waals surface area contributed by atoms with Crippen LogP contribution < -0.4 is 0 Å². The third-order valence-electron chi connectivity index (χ3n) is 6.80. The lowest BCUT2D eigenvalue weighted by Gasteiger charge is -2.40. The Balaban J connectivity index is 1.75. The number of fused-ring (bicyclic) bond motifs is 11. The largest absolute Gasteiger partial charge is 0.0887 e. The number of rotatable bonds is 0. The van der Waals surface area contributed by atoms with Crippen molar-refractivity contribution >= 4 is 34.1 Å². The molecule has 1 spiro atoms. The van der Waals surface area contributed by atoms with E-state index in [9.17, 15) is 0 Å². The second-order valence-electron chi connectivity index (χ2n) is 8.22. The average molecular weight is 433 g/mol. The molecule has 2 heteroatoms. The molecule has 0 amide bonds. The smallest absolute Gasteiger partial charge is 0.0736 e. The molecule has 0 nitrogen and oxygen atoms in total. The Morgan fingerprint density at radius 1 is 0.548 bits per heavy atom. The van der Waals surface area contributed by atoms with Crippen molar-refractivity contribution in [3.05, 3.63) is 130 Å². The van der Waals surface area contributed by atoms with Crippen molar-refractivity contribution in [2.45, 2.75) is 15.2 Å². The van der Waals surface area contributed by atoms with Crippen LogP contribution in [0.4, 0.5) is 0 Å². The third-order valence-corrected chi connectivity index (χ3v) is 8.34. The highest BCUT2D eigenvalue weighted by Crippen LogP contribution is 2.63. The van der Waals surface area contributed by atoms with Crippen LogP contribution in [0.1, 0.15) is 22.3 Å². The van der Waals surface area contributed by atoms with E-state index in [0.29, 0.717) is 0 Å². The van der Waals surface area contributed by atoms with E-state index in [2.05, 4.69) is 103 Å². The Labute approximate surface area is 190 Å². The van der Waals surface area contributed by atoms with Crippen molar-refractivity contribution in [2.24, 2.45) is 0 Å². The Morgan fingerprint density at radius 3 is 1.81 bits per heavy atom. The fourth-order valence-electron chi connectivity index (χ4n) is 5.63. The molecule has 0 N–H and O–H groups in total. The van der Waals surface area contributed by atoms with Gasteiger partial charge in [0.2, 0.25) is 0 Å². The van der Waals surface area contributed by atoms with Crippen molar-refractivity contribution in [3.8, 4) is 11.1 Å². The van der Waals surface area contributed by atoms with Gasteiger partial charge in [-0.1, -0.05) is 114 Å². The van der Waals surface area contributed by atoms with Gasteiger partial charge in [-0.05, 0) is 50.9 Å². The van der Waals surface area contributed by atoms with Crippen LogP contribution in [-0.2, 0) is 5.41 Å². The molecule has 1 aliphatic heterocycles. The van der Waals surface area contributed by atoms with E-state index in [1.165, 1.54) is 48.6 Å². The second kappa shape index (κ2) is 6.26. The van der Waals surface area contributed by atoms with Crippen molar-refractivity contribution in [1.82, 2.24) is 0 Å². The molecule has 31 heavy (non-hydrogen) atoms. The fourth-order valence-corrected chi connectivity index (χ4v) is 7.21. The topological polar surface area (TPSA) is 0 Å². The first-order valence-corrected chi connectivity index (χ1v) is 11.7. The van der Waals surface area contributed by atoms with E-state index in [1.807, 2.05) is 11.8 Å². The summed E-state index contributed by atoms with van der Waals surface area (Å²) in [5.74, 6) is 0. The Bertz CT molecular complexity index is 1490. The van der Waals surface area contributed by atoms with Gasteiger partial charge in [0, 0.05) is 20.2 Å². The highest BCUT2D eigenvalue weighted by Gasteiger charge is 2.50. The first kappa shape index (κ1) is 17.7. The quantitative estimate of drug-likeness (QED) is 0.232. The normalized spacial score (nSPS) is 14.7. The van der Waals surface area contributed by atoms with Crippen LogP contribution in [-0.4, -0.2) is 0 Å². The second-order valence-corrected chi connectivity index (χ2v) is 9.68. The van der Waals surface area contributed by atoms with E-state index in [0.717, 1.165) is 10.4 Å². The average Bonchev–Trinajstić information content (AvgIpc) is 3.12. The molecular formula is C29H17ClS. The molecule has 0 fully saturated rings. The summed E-state index contributed by atoms with van der Waals surface area (Å²) in [6.07, 6.45) is 0. The Hall–Kier alpha value is -3.00. The maximum absolute atomic E-state index is 6.93. The van der Waals surface area contributed by atoms with Crippen LogP contribution in [0.3, 0.4) is 0 Å². The van der Waals surface area contributed by atoms with Crippen LogP contribution >= 0.6 is 23.4 Å².